The highest BCUT2D eigenvalue weighted by molar-refractivity contribution is 8.26. The van der Waals surface area contributed by atoms with Crippen LogP contribution in [0.2, 0.25) is 5.02 Å². The fourth-order valence-electron chi connectivity index (χ4n) is 4.31. The summed E-state index contributed by atoms with van der Waals surface area (Å²) in [5.74, 6) is -1.33. The lowest BCUT2D eigenvalue weighted by Gasteiger charge is -2.26. The van der Waals surface area contributed by atoms with E-state index in [4.69, 9.17) is 23.8 Å². The third kappa shape index (κ3) is 6.77. The minimum absolute atomic E-state index is 0.0638. The summed E-state index contributed by atoms with van der Waals surface area (Å²) in [5, 5.41) is 0.358. The summed E-state index contributed by atoms with van der Waals surface area (Å²) in [6.07, 6.45) is 1.78. The highest BCUT2D eigenvalue weighted by Gasteiger charge is 2.41. The van der Waals surface area contributed by atoms with E-state index < -0.39 is 27.9 Å². The first kappa shape index (κ1) is 28.8. The van der Waals surface area contributed by atoms with Crippen molar-refractivity contribution in [3.05, 3.63) is 130 Å². The van der Waals surface area contributed by atoms with Gasteiger partial charge in [0.05, 0.1) is 9.80 Å². The van der Waals surface area contributed by atoms with Crippen molar-refractivity contribution < 1.29 is 18.0 Å². The average molecular weight is 619 g/mol. The predicted octanol–water partition coefficient (Wildman–Crippen LogP) is 6.32. The summed E-state index contributed by atoms with van der Waals surface area (Å²) in [7, 11) is -4.23. The molecule has 2 amide bonds. The zero-order valence-electron chi connectivity index (χ0n) is 21.4. The minimum Gasteiger partial charge on any atom is -0.280 e. The molecule has 5 rings (SSSR count). The topological polar surface area (TPSA) is 83.6 Å². The number of sulfonamides is 1. The van der Waals surface area contributed by atoms with Crippen molar-refractivity contribution in [2.45, 2.75) is 17.4 Å². The zero-order valence-corrected chi connectivity index (χ0v) is 24.6. The van der Waals surface area contributed by atoms with Gasteiger partial charge in [-0.15, -0.1) is 0 Å². The maximum absolute atomic E-state index is 13.6. The first-order valence-electron chi connectivity index (χ1n) is 12.5. The number of hydrogen-bond acceptors (Lipinski definition) is 6. The molecule has 1 N–H and O–H groups in total. The first-order valence-corrected chi connectivity index (χ1v) is 15.6. The average Bonchev–Trinajstić information content (AvgIpc) is 3.25. The van der Waals surface area contributed by atoms with Crippen molar-refractivity contribution in [2.24, 2.45) is 0 Å². The molecule has 1 aliphatic heterocycles. The van der Waals surface area contributed by atoms with E-state index in [0.29, 0.717) is 9.93 Å². The van der Waals surface area contributed by atoms with Crippen molar-refractivity contribution in [1.82, 2.24) is 9.62 Å². The number of carbonyl (C=O) groups is 2. The van der Waals surface area contributed by atoms with Crippen LogP contribution in [0, 0.1) is 0 Å². The van der Waals surface area contributed by atoms with Crippen molar-refractivity contribution in [3.8, 4) is 11.1 Å². The number of amides is 2. The second kappa shape index (κ2) is 12.4. The number of halogens is 1. The van der Waals surface area contributed by atoms with Crippen LogP contribution in [0.25, 0.3) is 17.2 Å². The number of hydrogen-bond donors (Lipinski definition) is 1. The molecule has 1 heterocycles. The Hall–Kier alpha value is -3.76. The van der Waals surface area contributed by atoms with Gasteiger partial charge in [0.25, 0.3) is 21.8 Å². The van der Waals surface area contributed by atoms with Crippen LogP contribution >= 0.6 is 35.6 Å². The van der Waals surface area contributed by atoms with Gasteiger partial charge in [-0.3, -0.25) is 14.5 Å². The van der Waals surface area contributed by atoms with E-state index >= 15 is 0 Å². The summed E-state index contributed by atoms with van der Waals surface area (Å²) in [6.45, 7) is 0. The van der Waals surface area contributed by atoms with Crippen molar-refractivity contribution in [3.63, 3.8) is 0 Å². The molecule has 4 aromatic rings. The Balaban J connectivity index is 1.41. The largest absolute Gasteiger partial charge is 0.280 e. The van der Waals surface area contributed by atoms with Gasteiger partial charge in [-0.05, 0) is 52.6 Å². The second-order valence-corrected chi connectivity index (χ2v) is 13.0. The minimum atomic E-state index is -4.23. The molecule has 206 valence electrons. The highest BCUT2D eigenvalue weighted by atomic mass is 35.5. The molecule has 0 aliphatic carbocycles. The molecule has 10 heteroatoms. The lowest BCUT2D eigenvalue weighted by molar-refractivity contribution is -0.131. The number of carbonyl (C=O) groups excluding carboxylic acids is 2. The molecule has 0 unspecified atom stereocenters. The van der Waals surface area contributed by atoms with Gasteiger partial charge in [0, 0.05) is 11.4 Å². The lowest BCUT2D eigenvalue weighted by Crippen LogP contribution is -2.51. The normalized spacial score (nSPS) is 15.2. The van der Waals surface area contributed by atoms with Gasteiger partial charge < -0.3 is 0 Å². The number of nitrogens with one attached hydrogen (secondary N) is 1. The number of nitrogens with zero attached hydrogens (tertiary/aromatic N) is 1. The van der Waals surface area contributed by atoms with Gasteiger partial charge >= 0.3 is 0 Å². The molecule has 4 aromatic carbocycles. The van der Waals surface area contributed by atoms with Crippen LogP contribution in [0.5, 0.6) is 0 Å². The van der Waals surface area contributed by atoms with Gasteiger partial charge in [-0.2, -0.15) is 0 Å². The van der Waals surface area contributed by atoms with E-state index in [1.807, 2.05) is 60.7 Å². The van der Waals surface area contributed by atoms with E-state index in [2.05, 4.69) is 4.72 Å². The third-order valence-corrected chi connectivity index (χ3v) is 9.33. The fourth-order valence-corrected chi connectivity index (χ4v) is 6.81. The summed E-state index contributed by atoms with van der Waals surface area (Å²) in [6, 6.07) is 31.0. The Morgan fingerprint density at radius 2 is 1.46 bits per heavy atom. The monoisotopic (exact) mass is 618 g/mol. The quantitative estimate of drug-likeness (QED) is 0.184. The molecule has 0 aromatic heterocycles. The summed E-state index contributed by atoms with van der Waals surface area (Å²) in [5.41, 5.74) is 3.65. The number of thioether (sulfide) groups is 1. The van der Waals surface area contributed by atoms with Crippen LogP contribution < -0.4 is 4.72 Å². The van der Waals surface area contributed by atoms with E-state index in [-0.39, 0.29) is 15.6 Å². The molecule has 0 bridgehead atoms. The Morgan fingerprint density at radius 3 is 2.10 bits per heavy atom. The van der Waals surface area contributed by atoms with Crippen LogP contribution in [0.4, 0.5) is 0 Å². The summed E-state index contributed by atoms with van der Waals surface area (Å²) >= 11 is 12.5. The first-order chi connectivity index (χ1) is 19.7. The lowest BCUT2D eigenvalue weighted by atomic mass is 10.0. The Morgan fingerprint density at radius 1 is 0.878 bits per heavy atom. The Labute approximate surface area is 253 Å². The maximum Gasteiger partial charge on any atom is 0.266 e. The van der Waals surface area contributed by atoms with Gasteiger partial charge in [0.15, 0.2) is 0 Å². The van der Waals surface area contributed by atoms with E-state index in [9.17, 15) is 18.0 Å². The molecule has 0 saturated carbocycles. The van der Waals surface area contributed by atoms with E-state index in [1.54, 1.807) is 30.3 Å². The van der Waals surface area contributed by atoms with Crippen LogP contribution in [-0.2, 0) is 26.0 Å². The van der Waals surface area contributed by atoms with Gasteiger partial charge in [0.1, 0.15) is 10.4 Å². The molecule has 1 atom stereocenters. The van der Waals surface area contributed by atoms with E-state index in [0.717, 1.165) is 34.0 Å². The van der Waals surface area contributed by atoms with Crippen LogP contribution in [0.15, 0.2) is 119 Å². The summed E-state index contributed by atoms with van der Waals surface area (Å²) in [4.78, 5) is 28.6. The maximum atomic E-state index is 13.6. The van der Waals surface area contributed by atoms with Crippen LogP contribution in [0.1, 0.15) is 11.1 Å². The standard InChI is InChI=1S/C31H23ClN2O4S3/c32-25-15-17-26(18-16-25)41(37,38)33-29(35)27(19-21-7-3-1-4-8-21)34-30(36)28(40-31(34)39)20-22-11-13-24(14-12-22)23-9-5-2-6-10-23/h1-18,20,27H,19H2,(H,33,35)/b28-20-/t27-/m0/s1. The molecule has 0 spiro atoms. The second-order valence-electron chi connectivity index (χ2n) is 9.17. The third-order valence-electron chi connectivity index (χ3n) is 6.38. The molecule has 41 heavy (non-hydrogen) atoms. The Kier molecular flexibility index (Phi) is 8.70. The van der Waals surface area contributed by atoms with Crippen molar-refractivity contribution in [2.75, 3.05) is 0 Å². The van der Waals surface area contributed by atoms with Crippen molar-refractivity contribution >= 4 is 67.8 Å². The van der Waals surface area contributed by atoms with Crippen LogP contribution in [-0.4, -0.2) is 35.5 Å². The molecule has 1 aliphatic rings. The predicted molar refractivity (Wildman–Crippen MR) is 168 cm³/mol. The number of rotatable bonds is 8. The van der Waals surface area contributed by atoms with Crippen molar-refractivity contribution in [1.29, 1.82) is 0 Å². The Bertz CT molecular complexity index is 1730. The molecular weight excluding hydrogens is 596 g/mol. The van der Waals surface area contributed by atoms with E-state index in [1.165, 1.54) is 29.2 Å². The molecule has 0 radical (unpaired) electrons. The SMILES string of the molecule is O=C(NS(=O)(=O)c1ccc(Cl)cc1)[C@H](Cc1ccccc1)N1C(=O)/C(=C/c2ccc(-c3ccccc3)cc2)SC1=S. The van der Waals surface area contributed by atoms with Gasteiger partial charge in [0.2, 0.25) is 0 Å². The molecular formula is C31H23ClN2O4S3. The fraction of sp³-hybridized carbons (Fsp3) is 0.0645. The highest BCUT2D eigenvalue weighted by Crippen LogP contribution is 2.35. The smallest absolute Gasteiger partial charge is 0.266 e. The van der Waals surface area contributed by atoms with Crippen LogP contribution in [0.3, 0.4) is 0 Å². The van der Waals surface area contributed by atoms with Gasteiger partial charge in [-0.25, -0.2) is 13.1 Å². The number of benzene rings is 4. The van der Waals surface area contributed by atoms with Gasteiger partial charge in [-0.1, -0.05) is 121 Å². The number of thiocarbonyl (C=S) groups is 1. The summed E-state index contributed by atoms with van der Waals surface area (Å²) < 4.78 is 28.3. The molecule has 6 nitrogen and oxygen atoms in total. The molecule has 1 fully saturated rings. The molecule has 1 saturated heterocycles. The zero-order chi connectivity index (χ0) is 29.0.